The standard InChI is InChI=1S/C34H18B2N2O2/c1-2-12-26-25(11-1)35-30-24(23-10-4-7-20-14-16-37(35)33(20)23)18-28-31(34(30)40-26)36-29-21(8-5-13-27(29)39-28)22-9-3-6-19-15-17-38(36)32(19)22/h1-18H. The predicted molar refractivity (Wildman–Crippen MR) is 162 cm³/mol. The van der Waals surface area contributed by atoms with Gasteiger partial charge in [-0.05, 0) is 70.1 Å². The van der Waals surface area contributed by atoms with Gasteiger partial charge in [-0.15, -0.1) is 0 Å². The number of para-hydroxylation sites is 3. The van der Waals surface area contributed by atoms with Crippen molar-refractivity contribution in [1.82, 2.24) is 8.96 Å². The zero-order valence-electron chi connectivity index (χ0n) is 21.3. The molecule has 0 bridgehead atoms. The molecule has 0 saturated carbocycles. The number of benzene rings is 5. The molecule has 4 aliphatic rings. The van der Waals surface area contributed by atoms with Crippen molar-refractivity contribution in [2.45, 2.75) is 0 Å². The summed E-state index contributed by atoms with van der Waals surface area (Å²) in [5.41, 5.74) is 12.2. The van der Waals surface area contributed by atoms with Crippen LogP contribution in [0.3, 0.4) is 0 Å². The summed E-state index contributed by atoms with van der Waals surface area (Å²) in [5, 5.41) is 2.50. The van der Waals surface area contributed by atoms with Gasteiger partial charge in [0.2, 0.25) is 0 Å². The van der Waals surface area contributed by atoms with Gasteiger partial charge in [-0.2, -0.15) is 0 Å². The summed E-state index contributed by atoms with van der Waals surface area (Å²) in [7, 11) is 0. The van der Waals surface area contributed by atoms with Crippen LogP contribution in [0.25, 0.3) is 44.1 Å². The van der Waals surface area contributed by atoms with E-state index in [9.17, 15) is 0 Å². The van der Waals surface area contributed by atoms with Crippen LogP contribution in [0, 0.1) is 0 Å². The third-order valence-electron chi connectivity index (χ3n) is 9.47. The van der Waals surface area contributed by atoms with Gasteiger partial charge in [0.25, 0.3) is 0 Å². The molecule has 0 spiro atoms. The predicted octanol–water partition coefficient (Wildman–Crippen LogP) is 5.08. The van der Waals surface area contributed by atoms with Gasteiger partial charge in [0, 0.05) is 38.5 Å². The van der Waals surface area contributed by atoms with E-state index in [1.807, 2.05) is 0 Å². The molecule has 0 atom stereocenters. The molecule has 0 aliphatic carbocycles. The fraction of sp³-hybridized carbons (Fsp3) is 0. The zero-order chi connectivity index (χ0) is 25.7. The monoisotopic (exact) mass is 508 g/mol. The molecule has 0 saturated heterocycles. The minimum absolute atomic E-state index is 0.0323. The van der Waals surface area contributed by atoms with E-state index in [0.717, 1.165) is 28.5 Å². The maximum Gasteiger partial charge on any atom is 0.340 e. The third-order valence-corrected chi connectivity index (χ3v) is 9.47. The maximum absolute atomic E-state index is 6.97. The summed E-state index contributed by atoms with van der Waals surface area (Å²) in [6.45, 7) is -0.0136. The Labute approximate surface area is 230 Å². The largest absolute Gasteiger partial charge is 0.459 e. The third kappa shape index (κ3) is 2.11. The van der Waals surface area contributed by atoms with E-state index in [-0.39, 0.29) is 13.7 Å². The number of ether oxygens (including phenoxy) is 2. The van der Waals surface area contributed by atoms with Crippen LogP contribution < -0.4 is 31.3 Å². The molecule has 6 heterocycles. The van der Waals surface area contributed by atoms with Crippen molar-refractivity contribution in [2.75, 3.05) is 0 Å². The van der Waals surface area contributed by atoms with Crippen LogP contribution in [0.2, 0.25) is 0 Å². The van der Waals surface area contributed by atoms with Gasteiger partial charge in [-0.25, -0.2) is 0 Å². The smallest absolute Gasteiger partial charge is 0.340 e. The highest BCUT2D eigenvalue weighted by atomic mass is 16.5. The quantitative estimate of drug-likeness (QED) is 0.268. The summed E-state index contributed by atoms with van der Waals surface area (Å²) in [6.07, 6.45) is 4.47. The second-order valence-electron chi connectivity index (χ2n) is 11.3. The van der Waals surface area contributed by atoms with E-state index in [1.54, 1.807) is 0 Å². The topological polar surface area (TPSA) is 28.3 Å². The van der Waals surface area contributed by atoms with Crippen molar-refractivity contribution in [3.8, 4) is 45.3 Å². The van der Waals surface area contributed by atoms with Gasteiger partial charge in [-0.3, -0.25) is 0 Å². The number of hydrogen-bond donors (Lipinski definition) is 0. The Hall–Kier alpha value is -5.09. The van der Waals surface area contributed by atoms with Gasteiger partial charge in [0.15, 0.2) is 0 Å². The lowest BCUT2D eigenvalue weighted by Crippen LogP contribution is -2.60. The van der Waals surface area contributed by atoms with E-state index in [1.165, 1.54) is 60.4 Å². The fourth-order valence-corrected chi connectivity index (χ4v) is 7.96. The van der Waals surface area contributed by atoms with Crippen molar-refractivity contribution >= 4 is 57.4 Å². The van der Waals surface area contributed by atoms with Crippen LogP contribution in [0.4, 0.5) is 0 Å². The number of rotatable bonds is 0. The molecule has 0 radical (unpaired) electrons. The Morgan fingerprint density at radius 1 is 0.475 bits per heavy atom. The molecular weight excluding hydrogens is 490 g/mol. The lowest BCUT2D eigenvalue weighted by molar-refractivity contribution is 0.468. The molecule has 5 aromatic carbocycles. The van der Waals surface area contributed by atoms with E-state index in [2.05, 4.69) is 118 Å². The van der Waals surface area contributed by atoms with Crippen LogP contribution in [-0.4, -0.2) is 22.7 Å². The zero-order valence-corrected chi connectivity index (χ0v) is 21.3. The first-order chi connectivity index (χ1) is 19.8. The Morgan fingerprint density at radius 2 is 1.15 bits per heavy atom. The lowest BCUT2D eigenvalue weighted by Gasteiger charge is -2.39. The van der Waals surface area contributed by atoms with Crippen LogP contribution in [0.5, 0.6) is 23.0 Å². The second-order valence-corrected chi connectivity index (χ2v) is 11.3. The molecule has 11 rings (SSSR count). The SMILES string of the molecule is c1ccc2c(c1)Oc1c3c(cc4c1B2n1ccc2cccc-4c21)Oc1cccc2c1B3n1ccc3cccc-2c31. The molecule has 0 unspecified atom stereocenters. The number of fused-ring (bicyclic) bond motifs is 9. The first kappa shape index (κ1) is 19.9. The van der Waals surface area contributed by atoms with Crippen molar-refractivity contribution in [1.29, 1.82) is 0 Å². The van der Waals surface area contributed by atoms with Gasteiger partial charge in [0.05, 0.1) is 0 Å². The number of hydrogen-bond acceptors (Lipinski definition) is 2. The first-order valence-corrected chi connectivity index (χ1v) is 13.8. The highest BCUT2D eigenvalue weighted by molar-refractivity contribution is 6.92. The normalized spacial score (nSPS) is 14.3. The molecule has 0 N–H and O–H groups in total. The molecule has 2 aromatic heterocycles. The van der Waals surface area contributed by atoms with Crippen LogP contribution in [0.1, 0.15) is 0 Å². The maximum atomic E-state index is 6.97. The molecular formula is C34H18B2N2O2. The second kappa shape index (κ2) is 6.54. The lowest BCUT2D eigenvalue weighted by atomic mass is 9.41. The summed E-state index contributed by atoms with van der Waals surface area (Å²) < 4.78 is 18.7. The Kier molecular flexibility index (Phi) is 3.26. The fourth-order valence-electron chi connectivity index (χ4n) is 7.96. The van der Waals surface area contributed by atoms with E-state index in [4.69, 9.17) is 9.47 Å². The van der Waals surface area contributed by atoms with Gasteiger partial charge < -0.3 is 18.4 Å². The molecule has 182 valence electrons. The molecule has 6 heteroatoms. The van der Waals surface area contributed by atoms with E-state index < -0.39 is 0 Å². The molecule has 4 aliphatic heterocycles. The van der Waals surface area contributed by atoms with E-state index in [0.29, 0.717) is 0 Å². The highest BCUT2D eigenvalue weighted by Crippen LogP contribution is 2.44. The highest BCUT2D eigenvalue weighted by Gasteiger charge is 2.47. The Bertz CT molecular complexity index is 2310. The van der Waals surface area contributed by atoms with E-state index >= 15 is 0 Å². The Balaban J connectivity index is 1.31. The Morgan fingerprint density at radius 3 is 1.98 bits per heavy atom. The minimum atomic E-state index is -0.0459. The van der Waals surface area contributed by atoms with Gasteiger partial charge in [-0.1, -0.05) is 66.7 Å². The molecule has 0 fully saturated rings. The molecule has 40 heavy (non-hydrogen) atoms. The van der Waals surface area contributed by atoms with Crippen LogP contribution >= 0.6 is 0 Å². The van der Waals surface area contributed by atoms with Crippen LogP contribution in [0.15, 0.2) is 109 Å². The van der Waals surface area contributed by atoms with Gasteiger partial charge >= 0.3 is 13.7 Å². The van der Waals surface area contributed by atoms with Crippen LogP contribution in [-0.2, 0) is 0 Å². The van der Waals surface area contributed by atoms with Crippen molar-refractivity contribution in [3.63, 3.8) is 0 Å². The van der Waals surface area contributed by atoms with Crippen molar-refractivity contribution < 1.29 is 9.47 Å². The number of aromatic nitrogens is 2. The van der Waals surface area contributed by atoms with Gasteiger partial charge in [0.1, 0.15) is 23.0 Å². The summed E-state index contributed by atoms with van der Waals surface area (Å²) >= 11 is 0. The summed E-state index contributed by atoms with van der Waals surface area (Å²) in [5.74, 6) is 3.64. The molecule has 4 nitrogen and oxygen atoms in total. The average Bonchev–Trinajstić information content (AvgIpc) is 3.63. The molecule has 0 amide bonds. The van der Waals surface area contributed by atoms with Crippen molar-refractivity contribution in [2.24, 2.45) is 0 Å². The number of nitrogens with zero attached hydrogens (tertiary/aromatic N) is 2. The summed E-state index contributed by atoms with van der Waals surface area (Å²) in [6, 6.07) is 34.9. The minimum Gasteiger partial charge on any atom is -0.459 e. The first-order valence-electron chi connectivity index (χ1n) is 13.8. The van der Waals surface area contributed by atoms with Crippen molar-refractivity contribution in [3.05, 3.63) is 109 Å². The summed E-state index contributed by atoms with van der Waals surface area (Å²) in [4.78, 5) is 0. The average molecular weight is 508 g/mol. The molecule has 7 aromatic rings.